The van der Waals surface area contributed by atoms with Gasteiger partial charge in [-0.15, -0.1) is 0 Å². The van der Waals surface area contributed by atoms with E-state index in [0.29, 0.717) is 23.9 Å². The topological polar surface area (TPSA) is 54.0 Å². The van der Waals surface area contributed by atoms with Crippen molar-refractivity contribution < 1.29 is 14.6 Å². The Morgan fingerprint density at radius 2 is 1.91 bits per heavy atom. The highest BCUT2D eigenvalue weighted by Crippen LogP contribution is 2.37. The Kier molecular flexibility index (Phi) is 7.19. The molecule has 3 aliphatic rings. The maximum atomic E-state index is 10.0. The number of piperidine rings is 1. The van der Waals surface area contributed by atoms with E-state index < -0.39 is 0 Å². The summed E-state index contributed by atoms with van der Waals surface area (Å²) in [5.74, 6) is 1.32. The van der Waals surface area contributed by atoms with Gasteiger partial charge >= 0.3 is 0 Å². The first kappa shape index (κ1) is 22.7. The number of ether oxygens (including phenoxy) is 2. The van der Waals surface area contributed by atoms with Gasteiger partial charge in [0.05, 0.1) is 0 Å². The predicted octanol–water partition coefficient (Wildman–Crippen LogP) is 4.62. The van der Waals surface area contributed by atoms with E-state index in [1.807, 2.05) is 12.1 Å². The smallest absolute Gasteiger partial charge is 0.119 e. The maximum Gasteiger partial charge on any atom is 0.119 e. The SMILES string of the molecule is CC(Oc1ccc(CC2c3ccc(O)cc3CCN2C2CCOCC2)cc1)C1CCCCN1. The van der Waals surface area contributed by atoms with Gasteiger partial charge in [0, 0.05) is 37.9 Å². The molecule has 5 nitrogen and oxygen atoms in total. The van der Waals surface area contributed by atoms with Gasteiger partial charge in [-0.2, -0.15) is 0 Å². The van der Waals surface area contributed by atoms with Gasteiger partial charge in [-0.3, -0.25) is 4.90 Å². The number of hydrogen-bond acceptors (Lipinski definition) is 5. The lowest BCUT2D eigenvalue weighted by atomic mass is 9.86. The van der Waals surface area contributed by atoms with Crippen LogP contribution in [0.3, 0.4) is 0 Å². The van der Waals surface area contributed by atoms with Gasteiger partial charge in [-0.05, 0) is 92.9 Å². The molecule has 2 aromatic carbocycles. The summed E-state index contributed by atoms with van der Waals surface area (Å²) in [6, 6.07) is 16.0. The predicted molar refractivity (Wildman–Crippen MR) is 131 cm³/mol. The van der Waals surface area contributed by atoms with Crippen LogP contribution in [0.5, 0.6) is 11.5 Å². The van der Waals surface area contributed by atoms with Crippen LogP contribution in [0.2, 0.25) is 0 Å². The molecule has 3 heterocycles. The van der Waals surface area contributed by atoms with E-state index in [-0.39, 0.29) is 6.10 Å². The van der Waals surface area contributed by atoms with Crippen LogP contribution in [0.25, 0.3) is 0 Å². The first-order valence-corrected chi connectivity index (χ1v) is 12.8. The zero-order valence-electron chi connectivity index (χ0n) is 19.8. The number of hydrogen-bond donors (Lipinski definition) is 2. The molecule has 2 N–H and O–H groups in total. The van der Waals surface area contributed by atoms with Crippen LogP contribution in [0.15, 0.2) is 42.5 Å². The maximum absolute atomic E-state index is 10.0. The molecule has 0 amide bonds. The van der Waals surface area contributed by atoms with E-state index in [1.165, 1.54) is 36.0 Å². The molecule has 3 aliphatic heterocycles. The van der Waals surface area contributed by atoms with Gasteiger partial charge in [0.15, 0.2) is 0 Å². The summed E-state index contributed by atoms with van der Waals surface area (Å²) in [4.78, 5) is 2.70. The Balaban J connectivity index is 1.31. The summed E-state index contributed by atoms with van der Waals surface area (Å²) in [5, 5.41) is 13.6. The third kappa shape index (κ3) is 5.37. The third-order valence-electron chi connectivity index (χ3n) is 7.77. The molecule has 2 saturated heterocycles. The van der Waals surface area contributed by atoms with E-state index in [4.69, 9.17) is 9.47 Å². The van der Waals surface area contributed by atoms with Crippen molar-refractivity contribution in [2.24, 2.45) is 0 Å². The van der Waals surface area contributed by atoms with Gasteiger partial charge in [-0.1, -0.05) is 24.6 Å². The summed E-state index contributed by atoms with van der Waals surface area (Å²) < 4.78 is 11.9. The van der Waals surface area contributed by atoms with E-state index in [9.17, 15) is 5.11 Å². The Labute approximate surface area is 198 Å². The molecule has 0 radical (unpaired) electrons. The highest BCUT2D eigenvalue weighted by atomic mass is 16.5. The molecule has 5 heteroatoms. The summed E-state index contributed by atoms with van der Waals surface area (Å²) in [7, 11) is 0. The number of fused-ring (bicyclic) bond motifs is 1. The van der Waals surface area contributed by atoms with E-state index in [1.54, 1.807) is 0 Å². The van der Waals surface area contributed by atoms with Crippen molar-refractivity contribution in [3.8, 4) is 11.5 Å². The lowest BCUT2D eigenvalue weighted by Crippen LogP contribution is -2.46. The lowest BCUT2D eigenvalue weighted by molar-refractivity contribution is 0.0129. The summed E-state index contributed by atoms with van der Waals surface area (Å²) in [6.07, 6.45) is 8.09. The average Bonchev–Trinajstić information content (AvgIpc) is 2.86. The summed E-state index contributed by atoms with van der Waals surface area (Å²) >= 11 is 0. The fourth-order valence-corrected chi connectivity index (χ4v) is 5.90. The average molecular weight is 451 g/mol. The Bertz CT molecular complexity index is 904. The normalized spacial score (nSPS) is 25.4. The molecule has 0 aliphatic carbocycles. The highest BCUT2D eigenvalue weighted by molar-refractivity contribution is 5.40. The molecule has 3 unspecified atom stereocenters. The summed E-state index contributed by atoms with van der Waals surface area (Å²) in [5.41, 5.74) is 3.98. The van der Waals surface area contributed by atoms with E-state index in [2.05, 4.69) is 47.5 Å². The van der Waals surface area contributed by atoms with Crippen molar-refractivity contribution >= 4 is 0 Å². The zero-order valence-corrected chi connectivity index (χ0v) is 19.8. The molecule has 178 valence electrons. The van der Waals surface area contributed by atoms with Gasteiger partial charge in [0.2, 0.25) is 0 Å². The molecule has 5 rings (SSSR count). The number of nitrogens with zero attached hydrogens (tertiary/aromatic N) is 1. The third-order valence-corrected chi connectivity index (χ3v) is 7.77. The molecule has 0 bridgehead atoms. The minimum Gasteiger partial charge on any atom is -0.508 e. The fraction of sp³-hybridized carbons (Fsp3) is 0.571. The molecule has 3 atom stereocenters. The first-order valence-electron chi connectivity index (χ1n) is 12.8. The second-order valence-corrected chi connectivity index (χ2v) is 9.96. The number of phenolic OH excluding ortho intramolecular Hbond substituents is 1. The fourth-order valence-electron chi connectivity index (χ4n) is 5.90. The standard InChI is InChI=1S/C28H38N2O3/c1-20(27-4-2-3-14-29-27)33-25-8-5-21(6-9-25)18-28-26-10-7-24(31)19-22(26)11-15-30(28)23-12-16-32-17-13-23/h5-10,19-20,23,27-29,31H,2-4,11-18H2,1H3. The van der Waals surface area contributed by atoms with Crippen LogP contribution in [0, 0.1) is 0 Å². The monoisotopic (exact) mass is 450 g/mol. The highest BCUT2D eigenvalue weighted by Gasteiger charge is 2.33. The second kappa shape index (κ2) is 10.5. The van der Waals surface area contributed by atoms with Crippen molar-refractivity contribution in [2.45, 2.75) is 76.1 Å². The number of benzene rings is 2. The number of rotatable bonds is 6. The molecule has 0 spiro atoms. The van der Waals surface area contributed by atoms with Crippen molar-refractivity contribution in [3.05, 3.63) is 59.2 Å². The second-order valence-electron chi connectivity index (χ2n) is 9.96. The number of nitrogens with one attached hydrogen (secondary N) is 1. The number of phenols is 1. The van der Waals surface area contributed by atoms with Crippen LogP contribution in [-0.4, -0.2) is 54.5 Å². The molecular weight excluding hydrogens is 412 g/mol. The quantitative estimate of drug-likeness (QED) is 0.673. The molecule has 2 aromatic rings. The number of aromatic hydroxyl groups is 1. The summed E-state index contributed by atoms with van der Waals surface area (Å²) in [6.45, 7) is 6.03. The van der Waals surface area contributed by atoms with Crippen LogP contribution in [0.1, 0.15) is 61.8 Å². The van der Waals surface area contributed by atoms with Crippen molar-refractivity contribution in [1.29, 1.82) is 0 Å². The van der Waals surface area contributed by atoms with Gasteiger partial charge in [0.25, 0.3) is 0 Å². The minimum atomic E-state index is 0.179. The van der Waals surface area contributed by atoms with Crippen LogP contribution in [-0.2, 0) is 17.6 Å². The minimum absolute atomic E-state index is 0.179. The Morgan fingerprint density at radius 1 is 1.09 bits per heavy atom. The zero-order chi connectivity index (χ0) is 22.6. The van der Waals surface area contributed by atoms with Crippen molar-refractivity contribution in [1.82, 2.24) is 10.2 Å². The van der Waals surface area contributed by atoms with Crippen molar-refractivity contribution in [3.63, 3.8) is 0 Å². The van der Waals surface area contributed by atoms with Gasteiger partial charge < -0.3 is 19.9 Å². The van der Waals surface area contributed by atoms with Crippen LogP contribution < -0.4 is 10.1 Å². The molecular formula is C28H38N2O3. The van der Waals surface area contributed by atoms with Gasteiger partial charge in [0.1, 0.15) is 17.6 Å². The van der Waals surface area contributed by atoms with E-state index in [0.717, 1.165) is 57.7 Å². The Hall–Kier alpha value is -2.08. The van der Waals surface area contributed by atoms with Gasteiger partial charge in [-0.25, -0.2) is 0 Å². The molecule has 0 aromatic heterocycles. The van der Waals surface area contributed by atoms with Crippen LogP contribution in [0.4, 0.5) is 0 Å². The lowest BCUT2D eigenvalue weighted by Gasteiger charge is -2.44. The first-order chi connectivity index (χ1) is 16.2. The molecule has 0 saturated carbocycles. The molecule has 33 heavy (non-hydrogen) atoms. The Morgan fingerprint density at radius 3 is 2.67 bits per heavy atom. The molecule has 2 fully saturated rings. The van der Waals surface area contributed by atoms with E-state index >= 15 is 0 Å². The van der Waals surface area contributed by atoms with Crippen molar-refractivity contribution in [2.75, 3.05) is 26.3 Å². The van der Waals surface area contributed by atoms with Crippen LogP contribution >= 0.6 is 0 Å². The largest absolute Gasteiger partial charge is 0.508 e.